The number of likely N-dealkylation sites (tertiary alicyclic amines) is 1. The van der Waals surface area contributed by atoms with Gasteiger partial charge in [0.15, 0.2) is 23.0 Å². The fraction of sp³-hybridized carbons (Fsp3) is 0.500. The van der Waals surface area contributed by atoms with Crippen molar-refractivity contribution < 1.29 is 12.7 Å². The molecule has 0 aliphatic carbocycles. The number of halogens is 1. The first kappa shape index (κ1) is 16.3. The smallest absolute Gasteiger partial charge is 0.378 e. The lowest BCUT2D eigenvalue weighted by molar-refractivity contribution is -0.124. The van der Waals surface area contributed by atoms with Crippen LogP contribution < -0.4 is 0 Å². The third kappa shape index (κ3) is 4.98. The maximum atomic E-state index is 12.3. The molecule has 0 N–H and O–H groups in total. The monoisotopic (exact) mass is 401 g/mol. The number of rotatable bonds is 5. The number of hydrogen-bond acceptors (Lipinski definition) is 3. The molecule has 1 atom stereocenters. The highest BCUT2D eigenvalue weighted by Gasteiger charge is 2.28. The van der Waals surface area contributed by atoms with Crippen LogP contribution in [0.15, 0.2) is 30.3 Å². The van der Waals surface area contributed by atoms with Gasteiger partial charge in [0, 0.05) is 25.4 Å². The minimum Gasteiger partial charge on any atom is -0.378 e. The first-order valence-corrected chi connectivity index (χ1v) is 8.23. The van der Waals surface area contributed by atoms with E-state index in [-0.39, 0.29) is 17.8 Å². The number of Topliss-reactive ketones (excluding diaryl/α,β-unsaturated/α-hetero) is 1. The van der Waals surface area contributed by atoms with E-state index in [0.29, 0.717) is 19.5 Å². The first-order valence-electron chi connectivity index (χ1n) is 7.35. The topological polar surface area (TPSA) is 46.6 Å². The van der Waals surface area contributed by atoms with E-state index >= 15 is 0 Å². The van der Waals surface area contributed by atoms with E-state index in [1.807, 2.05) is 18.2 Å². The number of ketones is 1. The van der Waals surface area contributed by atoms with Crippen molar-refractivity contribution >= 4 is 34.9 Å². The van der Waals surface area contributed by atoms with Gasteiger partial charge in [0.05, 0.1) is 0 Å². The van der Waals surface area contributed by atoms with Crippen LogP contribution in [0, 0.1) is 5.92 Å². The minimum atomic E-state index is -0.336. The van der Waals surface area contributed by atoms with Gasteiger partial charge in [0.25, 0.3) is 0 Å². The van der Waals surface area contributed by atoms with E-state index < -0.39 is 0 Å². The summed E-state index contributed by atoms with van der Waals surface area (Å²) in [5.41, 5.74) is 1.27. The van der Waals surface area contributed by atoms with Crippen LogP contribution in [0.3, 0.4) is 0 Å². The predicted octanol–water partition coefficient (Wildman–Crippen LogP) is 3.78. The number of carbonyl (C=O) groups is 2. The molecule has 1 saturated heterocycles. The molecule has 5 heteroatoms. The van der Waals surface area contributed by atoms with E-state index in [9.17, 15) is 9.59 Å². The lowest BCUT2D eigenvalue weighted by Crippen LogP contribution is -2.41. The molecule has 0 spiro atoms. The molecule has 0 aromatic heterocycles. The van der Waals surface area contributed by atoms with Crippen LogP contribution >= 0.6 is 23.0 Å². The number of aryl methyl sites for hydroxylation is 1. The van der Waals surface area contributed by atoms with Crippen molar-refractivity contribution in [3.63, 3.8) is 0 Å². The number of benzene rings is 1. The van der Waals surface area contributed by atoms with Crippen LogP contribution in [-0.4, -0.2) is 29.9 Å². The molecule has 1 amide bonds. The number of nitrogens with zero attached hydrogens (tertiary/aromatic N) is 1. The molecule has 1 aliphatic rings. The summed E-state index contributed by atoms with van der Waals surface area (Å²) in [6.45, 7) is 1.20. The van der Waals surface area contributed by atoms with Gasteiger partial charge in [-0.1, -0.05) is 30.3 Å². The summed E-state index contributed by atoms with van der Waals surface area (Å²) in [5, 5.41) is 0. The Morgan fingerprint density at radius 3 is 2.76 bits per heavy atom. The van der Waals surface area contributed by atoms with E-state index in [4.69, 9.17) is 3.07 Å². The van der Waals surface area contributed by atoms with E-state index in [0.717, 1.165) is 25.7 Å². The lowest BCUT2D eigenvalue weighted by Gasteiger charge is -2.30. The van der Waals surface area contributed by atoms with Crippen molar-refractivity contribution in [1.82, 2.24) is 4.90 Å². The Balaban J connectivity index is 1.76. The quantitative estimate of drug-likeness (QED) is 0.706. The maximum absolute atomic E-state index is 12.3. The molecular formula is C16H20INO3. The highest BCUT2D eigenvalue weighted by Crippen LogP contribution is 2.20. The van der Waals surface area contributed by atoms with Gasteiger partial charge in [-0.3, -0.25) is 4.79 Å². The van der Waals surface area contributed by atoms with Gasteiger partial charge >= 0.3 is 6.09 Å². The Bertz CT molecular complexity index is 478. The van der Waals surface area contributed by atoms with Gasteiger partial charge in [-0.15, -0.1) is 0 Å². The number of amides is 1. The molecule has 1 aromatic rings. The predicted molar refractivity (Wildman–Crippen MR) is 89.2 cm³/mol. The number of hydrogen-bond donors (Lipinski definition) is 0. The van der Waals surface area contributed by atoms with Crippen LogP contribution in [0.25, 0.3) is 0 Å². The SMILES string of the molecule is O=C(CCCc1ccccc1)C1CCCN(C(=O)OI)C1. The van der Waals surface area contributed by atoms with E-state index in [1.54, 1.807) is 27.9 Å². The van der Waals surface area contributed by atoms with Crippen LogP contribution in [0.2, 0.25) is 0 Å². The molecule has 1 fully saturated rings. The highest BCUT2D eigenvalue weighted by atomic mass is 127. The summed E-state index contributed by atoms with van der Waals surface area (Å²) in [7, 11) is 0. The van der Waals surface area contributed by atoms with Crippen molar-refractivity contribution in [2.24, 2.45) is 5.92 Å². The fourth-order valence-electron chi connectivity index (χ4n) is 2.77. The summed E-state index contributed by atoms with van der Waals surface area (Å²) in [6.07, 6.45) is 3.81. The van der Waals surface area contributed by atoms with Gasteiger partial charge in [-0.25, -0.2) is 4.79 Å². The van der Waals surface area contributed by atoms with Crippen molar-refractivity contribution in [3.05, 3.63) is 35.9 Å². The number of carbonyl (C=O) groups excluding carboxylic acids is 2. The van der Waals surface area contributed by atoms with Gasteiger partial charge in [0.2, 0.25) is 0 Å². The largest absolute Gasteiger partial charge is 0.419 e. The second-order valence-corrected chi connectivity index (χ2v) is 5.87. The molecular weight excluding hydrogens is 381 g/mol. The molecule has 2 rings (SSSR count). The minimum absolute atomic E-state index is 0.0231. The summed E-state index contributed by atoms with van der Waals surface area (Å²) in [6, 6.07) is 10.2. The Morgan fingerprint density at radius 2 is 2.05 bits per heavy atom. The number of piperidine rings is 1. The van der Waals surface area contributed by atoms with Crippen molar-refractivity contribution in [1.29, 1.82) is 0 Å². The zero-order chi connectivity index (χ0) is 15.1. The molecule has 114 valence electrons. The van der Waals surface area contributed by atoms with E-state index in [2.05, 4.69) is 12.1 Å². The normalized spacial score (nSPS) is 18.3. The standard InChI is InChI=1S/C16H20INO3/c17-21-16(20)18-11-5-9-14(12-18)15(19)10-4-8-13-6-2-1-3-7-13/h1-3,6-7,14H,4-5,8-12H2. The molecule has 0 radical (unpaired) electrons. The third-order valence-corrected chi connectivity index (χ3v) is 4.31. The summed E-state index contributed by atoms with van der Waals surface area (Å²) < 4.78 is 4.70. The molecule has 1 heterocycles. The van der Waals surface area contributed by atoms with Crippen molar-refractivity contribution in [2.75, 3.05) is 13.1 Å². The molecule has 1 unspecified atom stereocenters. The third-order valence-electron chi connectivity index (χ3n) is 3.93. The van der Waals surface area contributed by atoms with Gasteiger partial charge in [0.1, 0.15) is 5.78 Å². The van der Waals surface area contributed by atoms with Gasteiger partial charge < -0.3 is 7.97 Å². The second-order valence-electron chi connectivity index (χ2n) is 5.43. The van der Waals surface area contributed by atoms with Gasteiger partial charge in [-0.2, -0.15) is 0 Å². The highest BCUT2D eigenvalue weighted by molar-refractivity contribution is 14.1. The molecule has 4 nitrogen and oxygen atoms in total. The zero-order valence-corrected chi connectivity index (χ0v) is 14.1. The van der Waals surface area contributed by atoms with Crippen LogP contribution in [0.4, 0.5) is 4.79 Å². The molecule has 1 aliphatic heterocycles. The zero-order valence-electron chi connectivity index (χ0n) is 12.0. The van der Waals surface area contributed by atoms with E-state index in [1.165, 1.54) is 5.56 Å². The Labute approximate surface area is 139 Å². The van der Waals surface area contributed by atoms with Crippen LogP contribution in [-0.2, 0) is 14.3 Å². The average Bonchev–Trinajstić information content (AvgIpc) is 2.55. The fourth-order valence-corrected chi connectivity index (χ4v) is 3.05. The Morgan fingerprint density at radius 1 is 1.29 bits per heavy atom. The molecule has 0 saturated carbocycles. The first-order chi connectivity index (χ1) is 10.2. The summed E-state index contributed by atoms with van der Waals surface area (Å²) in [5.74, 6) is 0.252. The Kier molecular flexibility index (Phi) is 6.48. The summed E-state index contributed by atoms with van der Waals surface area (Å²) >= 11 is 1.59. The van der Waals surface area contributed by atoms with Crippen molar-refractivity contribution in [3.8, 4) is 0 Å². The molecule has 21 heavy (non-hydrogen) atoms. The molecule has 0 bridgehead atoms. The average molecular weight is 401 g/mol. The lowest BCUT2D eigenvalue weighted by atomic mass is 9.91. The summed E-state index contributed by atoms with van der Waals surface area (Å²) in [4.78, 5) is 25.4. The second kappa shape index (κ2) is 8.36. The van der Waals surface area contributed by atoms with Crippen molar-refractivity contribution in [2.45, 2.75) is 32.1 Å². The van der Waals surface area contributed by atoms with Crippen LogP contribution in [0.1, 0.15) is 31.2 Å². The Hall–Kier alpha value is -1.11. The van der Waals surface area contributed by atoms with Crippen LogP contribution in [0.5, 0.6) is 0 Å². The molecule has 1 aromatic carbocycles. The maximum Gasteiger partial charge on any atom is 0.419 e. The van der Waals surface area contributed by atoms with Gasteiger partial charge in [-0.05, 0) is 31.2 Å².